The summed E-state index contributed by atoms with van der Waals surface area (Å²) in [7, 11) is 0. The number of ether oxygens (including phenoxy) is 3. The van der Waals surface area contributed by atoms with Gasteiger partial charge in [-0.25, -0.2) is 4.79 Å². The van der Waals surface area contributed by atoms with E-state index >= 15 is 0 Å². The zero-order valence-corrected chi connectivity index (χ0v) is 13.9. The number of rotatable bonds is 17. The Labute approximate surface area is 135 Å². The highest BCUT2D eigenvalue weighted by Crippen LogP contribution is 2.10. The van der Waals surface area contributed by atoms with E-state index in [0.29, 0.717) is 13.4 Å². The van der Waals surface area contributed by atoms with Crippen molar-refractivity contribution >= 4 is 5.97 Å². The fraction of sp³-hybridized carbons (Fsp3) is 0.722. The molecule has 128 valence electrons. The summed E-state index contributed by atoms with van der Waals surface area (Å²) in [6.07, 6.45) is 14.7. The Kier molecular flexibility index (Phi) is 16.7. The van der Waals surface area contributed by atoms with Crippen LogP contribution in [0.15, 0.2) is 25.5 Å². The molecule has 0 aromatic heterocycles. The van der Waals surface area contributed by atoms with Crippen LogP contribution < -0.4 is 0 Å². The molecule has 4 heteroatoms. The molecule has 4 nitrogen and oxygen atoms in total. The van der Waals surface area contributed by atoms with Gasteiger partial charge in [0.25, 0.3) is 0 Å². The number of hydrogen-bond donors (Lipinski definition) is 0. The van der Waals surface area contributed by atoms with Gasteiger partial charge in [-0.15, -0.1) is 0 Å². The van der Waals surface area contributed by atoms with Gasteiger partial charge in [0.05, 0.1) is 19.5 Å². The maximum Gasteiger partial charge on any atom is 0.330 e. The zero-order chi connectivity index (χ0) is 16.3. The molecule has 0 radical (unpaired) electrons. The molecule has 0 aliphatic carbocycles. The maximum atomic E-state index is 10.8. The van der Waals surface area contributed by atoms with Crippen molar-refractivity contribution < 1.29 is 19.0 Å². The fourth-order valence-corrected chi connectivity index (χ4v) is 2.11. The maximum absolute atomic E-state index is 10.8. The minimum absolute atomic E-state index is 0.316. The van der Waals surface area contributed by atoms with Crippen molar-refractivity contribution in [3.63, 3.8) is 0 Å². The van der Waals surface area contributed by atoms with Gasteiger partial charge in [0.1, 0.15) is 0 Å². The molecule has 0 aliphatic heterocycles. The van der Waals surface area contributed by atoms with Crippen molar-refractivity contribution in [1.82, 2.24) is 0 Å². The molecule has 0 aromatic carbocycles. The van der Waals surface area contributed by atoms with Crippen LogP contribution in [0.4, 0.5) is 0 Å². The predicted octanol–water partition coefficient (Wildman–Crippen LogP) is 4.75. The summed E-state index contributed by atoms with van der Waals surface area (Å²) >= 11 is 0. The van der Waals surface area contributed by atoms with Crippen LogP contribution in [-0.4, -0.2) is 26.0 Å². The predicted molar refractivity (Wildman–Crippen MR) is 89.4 cm³/mol. The van der Waals surface area contributed by atoms with E-state index in [1.165, 1.54) is 57.3 Å². The van der Waals surface area contributed by atoms with Crippen LogP contribution in [-0.2, 0) is 19.0 Å². The molecule has 0 saturated carbocycles. The monoisotopic (exact) mass is 312 g/mol. The standard InChI is InChI=1S/C18H32O4/c1-3-18(19)22-16-14-12-10-8-6-5-7-9-11-13-15-21-17-20-4-2/h3-4H,1-2,5-17H2. The Hall–Kier alpha value is -1.29. The topological polar surface area (TPSA) is 44.8 Å². The molecule has 0 N–H and O–H groups in total. The molecular weight excluding hydrogens is 280 g/mol. The summed E-state index contributed by atoms with van der Waals surface area (Å²) in [4.78, 5) is 10.8. The van der Waals surface area contributed by atoms with E-state index in [-0.39, 0.29) is 5.97 Å². The van der Waals surface area contributed by atoms with Gasteiger partial charge >= 0.3 is 5.97 Å². The van der Waals surface area contributed by atoms with E-state index in [0.717, 1.165) is 25.9 Å². The first-order valence-corrected chi connectivity index (χ1v) is 8.40. The first-order chi connectivity index (χ1) is 10.8. The second-order valence-corrected chi connectivity index (χ2v) is 5.27. The van der Waals surface area contributed by atoms with E-state index in [1.807, 2.05) is 0 Å². The highest BCUT2D eigenvalue weighted by Gasteiger charge is 1.96. The fourth-order valence-electron chi connectivity index (χ4n) is 2.11. The van der Waals surface area contributed by atoms with Crippen molar-refractivity contribution in [3.8, 4) is 0 Å². The Morgan fingerprint density at radius 3 is 1.77 bits per heavy atom. The smallest absolute Gasteiger partial charge is 0.330 e. The van der Waals surface area contributed by atoms with E-state index in [4.69, 9.17) is 14.2 Å². The Balaban J connectivity index is 3.01. The highest BCUT2D eigenvalue weighted by atomic mass is 16.7. The Bertz CT molecular complexity index is 276. The van der Waals surface area contributed by atoms with Gasteiger partial charge in [0, 0.05) is 6.08 Å². The first-order valence-electron chi connectivity index (χ1n) is 8.40. The number of hydrogen-bond acceptors (Lipinski definition) is 4. The van der Waals surface area contributed by atoms with Crippen LogP contribution in [0.1, 0.15) is 64.2 Å². The number of carbonyl (C=O) groups is 1. The zero-order valence-electron chi connectivity index (χ0n) is 13.9. The summed E-state index contributed by atoms with van der Waals surface area (Å²) in [5.74, 6) is -0.321. The van der Waals surface area contributed by atoms with Gasteiger partial charge in [0.15, 0.2) is 6.79 Å². The third-order valence-electron chi connectivity index (χ3n) is 3.36. The summed E-state index contributed by atoms with van der Waals surface area (Å²) in [5, 5.41) is 0. The van der Waals surface area contributed by atoms with Gasteiger partial charge in [-0.3, -0.25) is 0 Å². The Morgan fingerprint density at radius 2 is 1.27 bits per heavy atom. The lowest BCUT2D eigenvalue weighted by atomic mass is 10.1. The van der Waals surface area contributed by atoms with Crippen molar-refractivity contribution in [2.75, 3.05) is 20.0 Å². The molecule has 0 heterocycles. The lowest BCUT2D eigenvalue weighted by Crippen LogP contribution is -2.01. The summed E-state index contributed by atoms with van der Waals surface area (Å²) < 4.78 is 15.1. The summed E-state index contributed by atoms with van der Waals surface area (Å²) in [5.41, 5.74) is 0. The highest BCUT2D eigenvalue weighted by molar-refractivity contribution is 5.81. The van der Waals surface area contributed by atoms with Crippen molar-refractivity contribution in [2.24, 2.45) is 0 Å². The molecule has 0 rings (SSSR count). The van der Waals surface area contributed by atoms with Gasteiger partial charge in [-0.2, -0.15) is 0 Å². The van der Waals surface area contributed by atoms with E-state index in [2.05, 4.69) is 13.2 Å². The van der Waals surface area contributed by atoms with Gasteiger partial charge in [-0.1, -0.05) is 64.5 Å². The SMILES string of the molecule is C=COCOCCCCCCCCCCCCOC(=O)C=C. The molecule has 0 unspecified atom stereocenters. The van der Waals surface area contributed by atoms with Crippen molar-refractivity contribution in [3.05, 3.63) is 25.5 Å². The second kappa shape index (κ2) is 17.8. The van der Waals surface area contributed by atoms with Crippen LogP contribution in [0.2, 0.25) is 0 Å². The molecule has 0 bridgehead atoms. The number of unbranched alkanes of at least 4 members (excludes halogenated alkanes) is 9. The molecule has 0 aliphatic rings. The second-order valence-electron chi connectivity index (χ2n) is 5.27. The quantitative estimate of drug-likeness (QED) is 0.128. The number of esters is 1. The van der Waals surface area contributed by atoms with E-state index < -0.39 is 0 Å². The Morgan fingerprint density at radius 1 is 0.773 bits per heavy atom. The lowest BCUT2D eigenvalue weighted by molar-refractivity contribution is -0.137. The van der Waals surface area contributed by atoms with Crippen LogP contribution in [0.3, 0.4) is 0 Å². The minimum atomic E-state index is -0.321. The molecule has 0 saturated heterocycles. The normalized spacial score (nSPS) is 10.2. The number of carbonyl (C=O) groups excluding carboxylic acids is 1. The molecule has 0 aromatic rings. The molecule has 0 spiro atoms. The van der Waals surface area contributed by atoms with Crippen molar-refractivity contribution in [1.29, 1.82) is 0 Å². The summed E-state index contributed by atoms with van der Waals surface area (Å²) in [6.45, 7) is 8.41. The van der Waals surface area contributed by atoms with Gasteiger partial charge in [-0.05, 0) is 12.8 Å². The van der Waals surface area contributed by atoms with Gasteiger partial charge < -0.3 is 14.2 Å². The first kappa shape index (κ1) is 20.7. The van der Waals surface area contributed by atoms with E-state index in [9.17, 15) is 4.79 Å². The third-order valence-corrected chi connectivity index (χ3v) is 3.36. The summed E-state index contributed by atoms with van der Waals surface area (Å²) in [6, 6.07) is 0. The van der Waals surface area contributed by atoms with Crippen LogP contribution in [0.25, 0.3) is 0 Å². The average molecular weight is 312 g/mol. The molecule has 22 heavy (non-hydrogen) atoms. The average Bonchev–Trinajstić information content (AvgIpc) is 2.54. The van der Waals surface area contributed by atoms with E-state index in [1.54, 1.807) is 0 Å². The van der Waals surface area contributed by atoms with Crippen LogP contribution in [0.5, 0.6) is 0 Å². The lowest BCUT2D eigenvalue weighted by Gasteiger charge is -2.04. The molecule has 0 amide bonds. The van der Waals surface area contributed by atoms with Crippen LogP contribution in [0, 0.1) is 0 Å². The third kappa shape index (κ3) is 16.8. The minimum Gasteiger partial charge on any atom is -0.476 e. The van der Waals surface area contributed by atoms with Crippen molar-refractivity contribution in [2.45, 2.75) is 64.2 Å². The largest absolute Gasteiger partial charge is 0.476 e. The molecule has 0 fully saturated rings. The molecular formula is C18H32O4. The molecule has 0 atom stereocenters. The van der Waals surface area contributed by atoms with Crippen LogP contribution >= 0.6 is 0 Å². The van der Waals surface area contributed by atoms with Gasteiger partial charge in [0.2, 0.25) is 0 Å².